The van der Waals surface area contributed by atoms with Crippen LogP contribution in [0.3, 0.4) is 0 Å². The second-order valence-electron chi connectivity index (χ2n) is 1.60. The molecule has 0 fully saturated rings. The summed E-state index contributed by atoms with van der Waals surface area (Å²) in [6.07, 6.45) is 8.27. The van der Waals surface area contributed by atoms with E-state index in [1.54, 1.807) is 30.8 Å². The molecule has 0 atom stereocenters. The number of thioether (sulfide) groups is 1. The minimum atomic E-state index is -0.203. The van der Waals surface area contributed by atoms with Crippen molar-refractivity contribution >= 4 is 11.8 Å². The molecule has 0 amide bonds. The van der Waals surface area contributed by atoms with Gasteiger partial charge >= 0.3 is 0 Å². The molecule has 2 heteroatoms. The van der Waals surface area contributed by atoms with Crippen LogP contribution in [-0.2, 0) is 0 Å². The molecular weight excluding hydrogens is 147 g/mol. The summed E-state index contributed by atoms with van der Waals surface area (Å²) >= 11 is 1.59. The van der Waals surface area contributed by atoms with E-state index in [0.717, 1.165) is 0 Å². The largest absolute Gasteiger partial charge is 0.207 e. The van der Waals surface area contributed by atoms with Gasteiger partial charge in [-0.15, -0.1) is 11.8 Å². The molecule has 0 aromatic carbocycles. The Labute approximate surface area is 65.5 Å². The van der Waals surface area contributed by atoms with Crippen LogP contribution >= 0.6 is 11.8 Å². The zero-order valence-electron chi connectivity index (χ0n) is 6.17. The van der Waals surface area contributed by atoms with Gasteiger partial charge < -0.3 is 0 Å². The van der Waals surface area contributed by atoms with E-state index in [4.69, 9.17) is 0 Å². The van der Waals surface area contributed by atoms with Gasteiger partial charge in [0.1, 0.15) is 5.83 Å². The van der Waals surface area contributed by atoms with E-state index in [2.05, 4.69) is 0 Å². The average molecular weight is 158 g/mol. The molecule has 0 bridgehead atoms. The smallest absolute Gasteiger partial charge is 0.118 e. The maximum atomic E-state index is 12.3. The minimum absolute atomic E-state index is 0.203. The molecule has 0 aromatic rings. The van der Waals surface area contributed by atoms with Gasteiger partial charge in [0, 0.05) is 0 Å². The summed E-state index contributed by atoms with van der Waals surface area (Å²) in [6, 6.07) is 0. The fourth-order valence-electron chi connectivity index (χ4n) is 0.368. The Morgan fingerprint density at radius 3 is 2.60 bits per heavy atom. The van der Waals surface area contributed by atoms with Crippen molar-refractivity contribution in [3.63, 3.8) is 0 Å². The molecule has 0 saturated heterocycles. The topological polar surface area (TPSA) is 0 Å². The van der Waals surface area contributed by atoms with Gasteiger partial charge in [0.2, 0.25) is 0 Å². The number of rotatable bonds is 3. The van der Waals surface area contributed by atoms with Gasteiger partial charge in [-0.1, -0.05) is 18.2 Å². The highest BCUT2D eigenvalue weighted by Crippen LogP contribution is 1.98. The highest BCUT2D eigenvalue weighted by molar-refractivity contribution is 8.01. The molecule has 0 radical (unpaired) electrons. The SMILES string of the molecule is C\C=C(F)/C=C\C=C\SC. The Kier molecular flexibility index (Phi) is 6.29. The lowest BCUT2D eigenvalue weighted by Crippen LogP contribution is -1.59. The molecule has 0 heterocycles. The molecule has 0 aliphatic rings. The Morgan fingerprint density at radius 1 is 1.40 bits per heavy atom. The van der Waals surface area contributed by atoms with Crippen molar-refractivity contribution in [2.24, 2.45) is 0 Å². The van der Waals surface area contributed by atoms with Crippen molar-refractivity contribution in [2.75, 3.05) is 6.26 Å². The van der Waals surface area contributed by atoms with E-state index in [1.807, 2.05) is 11.7 Å². The molecule has 0 rings (SSSR count). The quantitative estimate of drug-likeness (QED) is 0.568. The van der Waals surface area contributed by atoms with Crippen LogP contribution in [-0.4, -0.2) is 6.26 Å². The van der Waals surface area contributed by atoms with E-state index in [1.165, 1.54) is 12.2 Å². The molecule has 0 aliphatic heterocycles. The van der Waals surface area contributed by atoms with E-state index < -0.39 is 0 Å². The van der Waals surface area contributed by atoms with Crippen molar-refractivity contribution in [1.82, 2.24) is 0 Å². The lowest BCUT2D eigenvalue weighted by Gasteiger charge is -1.79. The standard InChI is InChI=1S/C8H11FS/c1-3-8(9)6-4-5-7-10-2/h3-7H,1-2H3/b6-4-,7-5+,8-3+. The maximum absolute atomic E-state index is 12.3. The first-order chi connectivity index (χ1) is 4.81. The van der Waals surface area contributed by atoms with Gasteiger partial charge in [-0.05, 0) is 24.7 Å². The third kappa shape index (κ3) is 5.63. The second-order valence-corrected chi connectivity index (χ2v) is 2.34. The zero-order chi connectivity index (χ0) is 7.82. The molecule has 0 aromatic heterocycles. The first kappa shape index (κ1) is 9.50. The summed E-state index contributed by atoms with van der Waals surface area (Å²) in [6.45, 7) is 1.66. The predicted octanol–water partition coefficient (Wildman–Crippen LogP) is 3.29. The lowest BCUT2D eigenvalue weighted by atomic mass is 10.4. The number of hydrogen-bond acceptors (Lipinski definition) is 1. The van der Waals surface area contributed by atoms with Gasteiger partial charge in [0.25, 0.3) is 0 Å². The molecule has 10 heavy (non-hydrogen) atoms. The van der Waals surface area contributed by atoms with E-state index >= 15 is 0 Å². The molecule has 56 valence electrons. The van der Waals surface area contributed by atoms with Gasteiger partial charge in [-0.3, -0.25) is 0 Å². The summed E-state index contributed by atoms with van der Waals surface area (Å²) in [7, 11) is 0. The van der Waals surface area contributed by atoms with Crippen molar-refractivity contribution in [1.29, 1.82) is 0 Å². The van der Waals surface area contributed by atoms with Crippen molar-refractivity contribution in [2.45, 2.75) is 6.92 Å². The van der Waals surface area contributed by atoms with Crippen LogP contribution in [0.15, 0.2) is 35.5 Å². The van der Waals surface area contributed by atoms with Gasteiger partial charge in [-0.25, -0.2) is 4.39 Å². The third-order valence-electron chi connectivity index (χ3n) is 0.857. The molecule has 0 nitrogen and oxygen atoms in total. The van der Waals surface area contributed by atoms with Gasteiger partial charge in [0.15, 0.2) is 0 Å². The third-order valence-corrected chi connectivity index (χ3v) is 1.29. The second kappa shape index (κ2) is 6.62. The fraction of sp³-hybridized carbons (Fsp3) is 0.250. The van der Waals surface area contributed by atoms with Crippen molar-refractivity contribution in [3.05, 3.63) is 35.5 Å². The molecule has 0 spiro atoms. The molecular formula is C8H11FS. The van der Waals surface area contributed by atoms with Gasteiger partial charge in [-0.2, -0.15) is 0 Å². The maximum Gasteiger partial charge on any atom is 0.118 e. The van der Waals surface area contributed by atoms with E-state index in [0.29, 0.717) is 0 Å². The van der Waals surface area contributed by atoms with Crippen molar-refractivity contribution in [3.8, 4) is 0 Å². The summed E-state index contributed by atoms with van der Waals surface area (Å²) in [5.74, 6) is -0.203. The van der Waals surface area contributed by atoms with Crippen LogP contribution in [0.5, 0.6) is 0 Å². The minimum Gasteiger partial charge on any atom is -0.207 e. The molecule has 0 aliphatic carbocycles. The highest BCUT2D eigenvalue weighted by atomic mass is 32.2. The Morgan fingerprint density at radius 2 is 2.10 bits per heavy atom. The predicted molar refractivity (Wildman–Crippen MR) is 46.7 cm³/mol. The Balaban J connectivity index is 3.66. The van der Waals surface area contributed by atoms with Crippen LogP contribution in [0, 0.1) is 0 Å². The summed E-state index contributed by atoms with van der Waals surface area (Å²) in [5, 5.41) is 1.89. The summed E-state index contributed by atoms with van der Waals surface area (Å²) < 4.78 is 12.3. The zero-order valence-corrected chi connectivity index (χ0v) is 6.99. The molecule has 0 saturated carbocycles. The summed E-state index contributed by atoms with van der Waals surface area (Å²) in [4.78, 5) is 0. The number of hydrogen-bond donors (Lipinski definition) is 0. The Hall–Kier alpha value is -0.500. The molecule has 0 unspecified atom stereocenters. The number of allylic oxidation sites excluding steroid dienone is 5. The Bertz CT molecular complexity index is 157. The lowest BCUT2D eigenvalue weighted by molar-refractivity contribution is 0.665. The van der Waals surface area contributed by atoms with Gasteiger partial charge in [0.05, 0.1) is 0 Å². The van der Waals surface area contributed by atoms with E-state index in [-0.39, 0.29) is 5.83 Å². The van der Waals surface area contributed by atoms with Crippen LogP contribution < -0.4 is 0 Å². The molecule has 0 N–H and O–H groups in total. The summed E-state index contributed by atoms with van der Waals surface area (Å²) in [5.41, 5.74) is 0. The number of halogens is 1. The highest BCUT2D eigenvalue weighted by Gasteiger charge is 1.77. The van der Waals surface area contributed by atoms with Crippen LogP contribution in [0.25, 0.3) is 0 Å². The first-order valence-electron chi connectivity index (χ1n) is 2.99. The normalized spacial score (nSPS) is 13.7. The van der Waals surface area contributed by atoms with E-state index in [9.17, 15) is 4.39 Å². The van der Waals surface area contributed by atoms with Crippen LogP contribution in [0.4, 0.5) is 4.39 Å². The average Bonchev–Trinajstić information content (AvgIpc) is 1.98. The van der Waals surface area contributed by atoms with Crippen LogP contribution in [0.2, 0.25) is 0 Å². The monoisotopic (exact) mass is 158 g/mol. The fourth-order valence-corrected chi connectivity index (χ4v) is 0.615. The van der Waals surface area contributed by atoms with Crippen molar-refractivity contribution < 1.29 is 4.39 Å². The first-order valence-corrected chi connectivity index (χ1v) is 4.28. The van der Waals surface area contributed by atoms with Crippen LogP contribution in [0.1, 0.15) is 6.92 Å².